The fraction of sp³-hybridized carbons (Fsp3) is 0.0238. The number of hydrogen-bond acceptors (Lipinski definition) is 7. The largest absolute Gasteiger partial charge is 0.504 e. The Kier molecular flexibility index (Phi) is 9.17. The van der Waals surface area contributed by atoms with Crippen LogP contribution in [-0.2, 0) is 6.42 Å². The van der Waals surface area contributed by atoms with Crippen LogP contribution in [0.2, 0.25) is 0 Å². The number of carbonyl (C=O) groups excluding carboxylic acids is 3. The Hall–Kier alpha value is -6.73. The number of carbonyl (C=O) groups is 3. The van der Waals surface area contributed by atoms with E-state index in [1.54, 1.807) is 6.07 Å². The van der Waals surface area contributed by atoms with E-state index in [0.717, 1.165) is 50.9 Å². The number of rotatable bonds is 2. The summed E-state index contributed by atoms with van der Waals surface area (Å²) in [5.74, 6) is -0.635. The first kappa shape index (κ1) is 32.2. The minimum absolute atomic E-state index is 0.0203. The maximum Gasteiger partial charge on any atom is 0.194 e. The van der Waals surface area contributed by atoms with E-state index < -0.39 is 0 Å². The van der Waals surface area contributed by atoms with E-state index in [4.69, 9.17) is 10.2 Å². The first-order valence-electron chi connectivity index (χ1n) is 15.4. The second-order valence-corrected chi connectivity index (χ2v) is 11.4. The lowest BCUT2D eigenvalue weighted by Gasteiger charge is -2.21. The number of aldehydes is 1. The van der Waals surface area contributed by atoms with Gasteiger partial charge in [0, 0.05) is 27.8 Å². The van der Waals surface area contributed by atoms with Gasteiger partial charge in [-0.2, -0.15) is 0 Å². The Bertz CT molecular complexity index is 2170. The van der Waals surface area contributed by atoms with Crippen molar-refractivity contribution in [3.05, 3.63) is 189 Å². The molecule has 0 heterocycles. The van der Waals surface area contributed by atoms with Gasteiger partial charge in [0.25, 0.3) is 0 Å². The Morgan fingerprint density at radius 2 is 0.816 bits per heavy atom. The molecule has 0 unspecified atom stereocenters. The van der Waals surface area contributed by atoms with Crippen LogP contribution < -0.4 is 0 Å². The van der Waals surface area contributed by atoms with E-state index in [9.17, 15) is 24.6 Å². The smallest absolute Gasteiger partial charge is 0.194 e. The SMILES string of the molecule is O=C1c2ccccc2C(=Cc2ccc(O)c(O)c2)c2ccccc21.O=C1c2ccccc2Cc2ccccc21.O=Cc1ccc(O)c(O)c1. The summed E-state index contributed by atoms with van der Waals surface area (Å²) in [5, 5.41) is 36.8. The zero-order chi connectivity index (χ0) is 34.5. The highest BCUT2D eigenvalue weighted by Crippen LogP contribution is 2.38. The molecule has 7 heteroatoms. The second kappa shape index (κ2) is 13.9. The Morgan fingerprint density at radius 1 is 0.429 bits per heavy atom. The van der Waals surface area contributed by atoms with Crippen molar-refractivity contribution in [1.82, 2.24) is 0 Å². The molecule has 2 aliphatic rings. The molecule has 2 aliphatic carbocycles. The van der Waals surface area contributed by atoms with Crippen molar-refractivity contribution in [3.8, 4) is 23.0 Å². The lowest BCUT2D eigenvalue weighted by Crippen LogP contribution is -2.14. The highest BCUT2D eigenvalue weighted by atomic mass is 16.3. The Labute approximate surface area is 282 Å². The van der Waals surface area contributed by atoms with E-state index in [2.05, 4.69) is 0 Å². The lowest BCUT2D eigenvalue weighted by atomic mass is 9.81. The number of aromatic hydroxyl groups is 4. The molecule has 0 aromatic heterocycles. The molecule has 0 spiro atoms. The van der Waals surface area contributed by atoms with Gasteiger partial charge in [-0.3, -0.25) is 14.4 Å². The average molecular weight is 647 g/mol. The van der Waals surface area contributed by atoms with Crippen molar-refractivity contribution in [3.63, 3.8) is 0 Å². The number of phenolic OH excluding ortho intramolecular Hbond substituents is 4. The summed E-state index contributed by atoms with van der Waals surface area (Å²) < 4.78 is 0. The molecule has 0 radical (unpaired) electrons. The normalized spacial score (nSPS) is 12.0. The average Bonchev–Trinajstić information content (AvgIpc) is 3.13. The highest BCUT2D eigenvalue weighted by molar-refractivity contribution is 6.20. The molecular weight excluding hydrogens is 616 g/mol. The van der Waals surface area contributed by atoms with Crippen LogP contribution in [0.4, 0.5) is 0 Å². The number of ketones is 2. The van der Waals surface area contributed by atoms with E-state index >= 15 is 0 Å². The molecule has 8 rings (SSSR count). The first-order valence-corrected chi connectivity index (χ1v) is 15.4. The minimum atomic E-state index is -0.274. The molecule has 0 saturated heterocycles. The molecule has 49 heavy (non-hydrogen) atoms. The van der Waals surface area contributed by atoms with Gasteiger partial charge in [0.2, 0.25) is 0 Å². The van der Waals surface area contributed by atoms with Crippen molar-refractivity contribution in [2.45, 2.75) is 6.42 Å². The zero-order valence-corrected chi connectivity index (χ0v) is 26.1. The number of phenols is 4. The molecule has 6 aromatic carbocycles. The molecule has 0 saturated carbocycles. The van der Waals surface area contributed by atoms with Crippen LogP contribution in [0.5, 0.6) is 23.0 Å². The van der Waals surface area contributed by atoms with Crippen molar-refractivity contribution >= 4 is 29.5 Å². The predicted molar refractivity (Wildman–Crippen MR) is 187 cm³/mol. The number of fused-ring (bicyclic) bond motifs is 4. The van der Waals surface area contributed by atoms with Crippen LogP contribution in [0.1, 0.15) is 70.0 Å². The van der Waals surface area contributed by atoms with E-state index in [1.165, 1.54) is 30.3 Å². The lowest BCUT2D eigenvalue weighted by molar-refractivity contribution is 0.102. The van der Waals surface area contributed by atoms with E-state index in [0.29, 0.717) is 23.0 Å². The Balaban J connectivity index is 0.000000142. The van der Waals surface area contributed by atoms with Gasteiger partial charge in [0.1, 0.15) is 6.29 Å². The molecular formula is C42H30O7. The summed E-state index contributed by atoms with van der Waals surface area (Å²) in [6, 6.07) is 39.3. The highest BCUT2D eigenvalue weighted by Gasteiger charge is 2.26. The third-order valence-corrected chi connectivity index (χ3v) is 8.27. The first-order chi connectivity index (χ1) is 23.7. The quantitative estimate of drug-likeness (QED) is 0.111. The third-order valence-electron chi connectivity index (χ3n) is 8.27. The molecule has 0 bridgehead atoms. The fourth-order valence-electron chi connectivity index (χ4n) is 5.83. The van der Waals surface area contributed by atoms with Gasteiger partial charge >= 0.3 is 0 Å². The maximum absolute atomic E-state index is 12.7. The van der Waals surface area contributed by atoms with E-state index in [-0.39, 0.29) is 34.6 Å². The van der Waals surface area contributed by atoms with Gasteiger partial charge in [-0.1, -0.05) is 103 Å². The van der Waals surface area contributed by atoms with Crippen LogP contribution in [0.25, 0.3) is 11.6 Å². The standard InChI is InChI=1S/C21H14O3.C14H10O.C7H6O3/c22-19-10-9-13(12-20(19)23)11-18-14-5-1-3-7-16(14)21(24)17-8-4-2-6-15(17)18;15-14-12-7-3-1-5-10(12)9-11-6-2-4-8-13(11)14;8-4-5-1-2-6(9)7(10)3-5/h1-12,22-23H;1-8H,9H2;1-4,9-10H. The zero-order valence-electron chi connectivity index (χ0n) is 26.1. The molecule has 7 nitrogen and oxygen atoms in total. The molecule has 0 atom stereocenters. The molecule has 0 amide bonds. The van der Waals surface area contributed by atoms with Crippen molar-refractivity contribution < 1.29 is 34.8 Å². The van der Waals surface area contributed by atoms with Crippen LogP contribution >= 0.6 is 0 Å². The van der Waals surface area contributed by atoms with Gasteiger partial charge in [-0.15, -0.1) is 0 Å². The summed E-state index contributed by atoms with van der Waals surface area (Å²) >= 11 is 0. The summed E-state index contributed by atoms with van der Waals surface area (Å²) in [7, 11) is 0. The van der Waals surface area contributed by atoms with Crippen LogP contribution in [0.15, 0.2) is 133 Å². The monoisotopic (exact) mass is 646 g/mol. The molecule has 240 valence electrons. The van der Waals surface area contributed by atoms with Gasteiger partial charge in [-0.25, -0.2) is 0 Å². The molecule has 4 N–H and O–H groups in total. The number of hydrogen-bond donors (Lipinski definition) is 4. The summed E-state index contributed by atoms with van der Waals surface area (Å²) in [6.07, 6.45) is 3.39. The van der Waals surface area contributed by atoms with Crippen LogP contribution in [0.3, 0.4) is 0 Å². The summed E-state index contributed by atoms with van der Waals surface area (Å²) in [5.41, 5.74) is 9.09. The minimum Gasteiger partial charge on any atom is -0.504 e. The summed E-state index contributed by atoms with van der Waals surface area (Å²) in [6.45, 7) is 0. The van der Waals surface area contributed by atoms with Crippen LogP contribution in [0, 0.1) is 0 Å². The second-order valence-electron chi connectivity index (χ2n) is 11.4. The van der Waals surface area contributed by atoms with Gasteiger partial charge in [0.15, 0.2) is 34.6 Å². The summed E-state index contributed by atoms with van der Waals surface area (Å²) in [4.78, 5) is 34.9. The van der Waals surface area contributed by atoms with Gasteiger partial charge in [0.05, 0.1) is 0 Å². The van der Waals surface area contributed by atoms with E-state index in [1.807, 2.05) is 103 Å². The molecule has 6 aromatic rings. The molecule has 0 fully saturated rings. The van der Waals surface area contributed by atoms with Crippen molar-refractivity contribution in [1.29, 1.82) is 0 Å². The van der Waals surface area contributed by atoms with Crippen molar-refractivity contribution in [2.75, 3.05) is 0 Å². The maximum atomic E-state index is 12.7. The third kappa shape index (κ3) is 6.73. The van der Waals surface area contributed by atoms with Gasteiger partial charge < -0.3 is 20.4 Å². The van der Waals surface area contributed by atoms with Crippen LogP contribution in [-0.4, -0.2) is 38.3 Å². The molecule has 0 aliphatic heterocycles. The van der Waals surface area contributed by atoms with Crippen molar-refractivity contribution in [2.24, 2.45) is 0 Å². The van der Waals surface area contributed by atoms with Gasteiger partial charge in [-0.05, 0) is 76.2 Å². The number of benzene rings is 6. The Morgan fingerprint density at radius 3 is 1.29 bits per heavy atom. The predicted octanol–water partition coefficient (Wildman–Crippen LogP) is 7.96. The fourth-order valence-corrected chi connectivity index (χ4v) is 5.83. The topological polar surface area (TPSA) is 132 Å².